The Balaban J connectivity index is 2.20. The standard InChI is InChI=1S/C14H11ClN4O5/c1-24-11-6-8(5-10(12(11)20)19(22)23)7-17-18-14(21)9-3-2-4-16-13(9)15/h2-7,20H,1H3,(H,18,21). The Hall–Kier alpha value is -3.20. The van der Waals surface area contributed by atoms with Gasteiger partial charge in [0.25, 0.3) is 5.91 Å². The van der Waals surface area contributed by atoms with Crippen LogP contribution in [0.15, 0.2) is 35.6 Å². The van der Waals surface area contributed by atoms with Crippen LogP contribution in [-0.4, -0.2) is 34.2 Å². The number of aromatic hydroxyl groups is 1. The summed E-state index contributed by atoms with van der Waals surface area (Å²) >= 11 is 5.78. The minimum Gasteiger partial charge on any atom is -0.500 e. The number of hydrogen-bond acceptors (Lipinski definition) is 7. The first-order valence-corrected chi connectivity index (χ1v) is 6.81. The molecule has 124 valence electrons. The molecule has 2 N–H and O–H groups in total. The highest BCUT2D eigenvalue weighted by molar-refractivity contribution is 6.32. The molecule has 2 aromatic rings. The summed E-state index contributed by atoms with van der Waals surface area (Å²) < 4.78 is 4.86. The number of nitro groups is 1. The molecule has 0 fully saturated rings. The van der Waals surface area contributed by atoms with Crippen LogP contribution >= 0.6 is 11.6 Å². The molecule has 24 heavy (non-hydrogen) atoms. The smallest absolute Gasteiger partial charge is 0.315 e. The lowest BCUT2D eigenvalue weighted by molar-refractivity contribution is -0.386. The van der Waals surface area contributed by atoms with Gasteiger partial charge in [0.05, 0.1) is 23.8 Å². The number of amides is 1. The van der Waals surface area contributed by atoms with Gasteiger partial charge in [0, 0.05) is 17.8 Å². The van der Waals surface area contributed by atoms with E-state index in [4.69, 9.17) is 16.3 Å². The molecule has 0 unspecified atom stereocenters. The van der Waals surface area contributed by atoms with Crippen molar-refractivity contribution in [2.45, 2.75) is 0 Å². The topological polar surface area (TPSA) is 127 Å². The summed E-state index contributed by atoms with van der Waals surface area (Å²) in [6.07, 6.45) is 2.60. The van der Waals surface area contributed by atoms with Gasteiger partial charge in [-0.3, -0.25) is 14.9 Å². The Morgan fingerprint density at radius 2 is 2.29 bits per heavy atom. The van der Waals surface area contributed by atoms with Crippen LogP contribution in [0.2, 0.25) is 5.15 Å². The third-order valence-corrected chi connectivity index (χ3v) is 3.18. The molecule has 0 saturated heterocycles. The molecule has 0 saturated carbocycles. The lowest BCUT2D eigenvalue weighted by Crippen LogP contribution is -2.18. The number of rotatable bonds is 5. The second-order valence-electron chi connectivity index (χ2n) is 4.39. The molecular weight excluding hydrogens is 340 g/mol. The third-order valence-electron chi connectivity index (χ3n) is 2.88. The Morgan fingerprint density at radius 3 is 2.92 bits per heavy atom. The molecule has 0 radical (unpaired) electrons. The average Bonchev–Trinajstić information content (AvgIpc) is 2.56. The quantitative estimate of drug-likeness (QED) is 0.368. The maximum atomic E-state index is 11.9. The van der Waals surface area contributed by atoms with E-state index >= 15 is 0 Å². The SMILES string of the molecule is COc1cc(C=NNC(=O)c2cccnc2Cl)cc([N+](=O)[O-])c1O. The van der Waals surface area contributed by atoms with E-state index in [0.29, 0.717) is 0 Å². The minimum atomic E-state index is -0.761. The van der Waals surface area contributed by atoms with Crippen molar-refractivity contribution >= 4 is 29.4 Å². The van der Waals surface area contributed by atoms with Gasteiger partial charge in [-0.1, -0.05) is 11.6 Å². The number of hydrazone groups is 1. The van der Waals surface area contributed by atoms with Crippen molar-refractivity contribution < 1.29 is 19.6 Å². The van der Waals surface area contributed by atoms with Gasteiger partial charge in [-0.05, 0) is 18.2 Å². The third kappa shape index (κ3) is 3.76. The van der Waals surface area contributed by atoms with Crippen molar-refractivity contribution in [2.24, 2.45) is 5.10 Å². The molecule has 0 spiro atoms. The predicted octanol–water partition coefficient (Wildman–Crippen LogP) is 2.12. The van der Waals surface area contributed by atoms with Gasteiger partial charge in [0.15, 0.2) is 5.75 Å². The summed E-state index contributed by atoms with van der Waals surface area (Å²) in [5.41, 5.74) is 2.05. The zero-order chi connectivity index (χ0) is 17.7. The van der Waals surface area contributed by atoms with Crippen LogP contribution in [-0.2, 0) is 0 Å². The van der Waals surface area contributed by atoms with Crippen LogP contribution in [0.25, 0.3) is 0 Å². The first-order chi connectivity index (χ1) is 11.4. The van der Waals surface area contributed by atoms with E-state index in [0.717, 1.165) is 12.3 Å². The summed E-state index contributed by atoms with van der Waals surface area (Å²) in [6, 6.07) is 5.42. The summed E-state index contributed by atoms with van der Waals surface area (Å²) in [5.74, 6) is -1.28. The van der Waals surface area contributed by atoms with Gasteiger partial charge in [-0.15, -0.1) is 0 Å². The van der Waals surface area contributed by atoms with E-state index in [1.165, 1.54) is 25.4 Å². The Kier molecular flexibility index (Phi) is 5.27. The van der Waals surface area contributed by atoms with Crippen LogP contribution < -0.4 is 10.2 Å². The number of phenols is 1. The van der Waals surface area contributed by atoms with Gasteiger partial charge in [-0.25, -0.2) is 10.4 Å². The number of nitrogens with one attached hydrogen (secondary N) is 1. The number of benzene rings is 1. The van der Waals surface area contributed by atoms with Gasteiger partial charge in [0.2, 0.25) is 5.75 Å². The molecule has 0 aliphatic carbocycles. The summed E-state index contributed by atoms with van der Waals surface area (Å²) in [5, 5.41) is 24.3. The molecule has 1 aromatic carbocycles. The number of phenolic OH excluding ortho intramolecular Hbond substituents is 1. The van der Waals surface area contributed by atoms with E-state index in [2.05, 4.69) is 15.5 Å². The van der Waals surface area contributed by atoms with Crippen molar-refractivity contribution in [1.82, 2.24) is 10.4 Å². The number of ether oxygens (including phenoxy) is 1. The van der Waals surface area contributed by atoms with Crippen LogP contribution in [0.4, 0.5) is 5.69 Å². The number of carbonyl (C=O) groups is 1. The van der Waals surface area contributed by atoms with E-state index in [1.54, 1.807) is 6.07 Å². The largest absolute Gasteiger partial charge is 0.500 e. The molecule has 0 aliphatic heterocycles. The van der Waals surface area contributed by atoms with E-state index in [9.17, 15) is 20.0 Å². The Morgan fingerprint density at radius 1 is 1.54 bits per heavy atom. The predicted molar refractivity (Wildman–Crippen MR) is 85.6 cm³/mol. The summed E-state index contributed by atoms with van der Waals surface area (Å²) in [6.45, 7) is 0. The molecule has 0 atom stereocenters. The highest BCUT2D eigenvalue weighted by atomic mass is 35.5. The lowest BCUT2D eigenvalue weighted by Gasteiger charge is -2.05. The average molecular weight is 351 g/mol. The molecule has 9 nitrogen and oxygen atoms in total. The highest BCUT2D eigenvalue weighted by Gasteiger charge is 2.19. The fourth-order valence-electron chi connectivity index (χ4n) is 1.76. The van der Waals surface area contributed by atoms with E-state index in [-0.39, 0.29) is 22.0 Å². The van der Waals surface area contributed by atoms with Gasteiger partial charge in [-0.2, -0.15) is 5.10 Å². The zero-order valence-corrected chi connectivity index (χ0v) is 13.0. The minimum absolute atomic E-state index is 0.0205. The van der Waals surface area contributed by atoms with Crippen molar-refractivity contribution in [2.75, 3.05) is 7.11 Å². The molecular formula is C14H11ClN4O5. The van der Waals surface area contributed by atoms with E-state index in [1.807, 2.05) is 0 Å². The van der Waals surface area contributed by atoms with Crippen molar-refractivity contribution in [3.05, 3.63) is 56.9 Å². The van der Waals surface area contributed by atoms with Gasteiger partial charge in [0.1, 0.15) is 5.15 Å². The second-order valence-corrected chi connectivity index (χ2v) is 4.75. The van der Waals surface area contributed by atoms with Crippen LogP contribution in [0.1, 0.15) is 15.9 Å². The zero-order valence-electron chi connectivity index (χ0n) is 12.3. The number of aromatic nitrogens is 1. The van der Waals surface area contributed by atoms with Crippen molar-refractivity contribution in [1.29, 1.82) is 0 Å². The Bertz CT molecular complexity index is 825. The first-order valence-electron chi connectivity index (χ1n) is 6.43. The molecule has 0 aliphatic rings. The van der Waals surface area contributed by atoms with Gasteiger partial charge < -0.3 is 9.84 Å². The molecule has 10 heteroatoms. The number of hydrogen-bond donors (Lipinski definition) is 2. The normalized spacial score (nSPS) is 10.6. The number of halogens is 1. The van der Waals surface area contributed by atoms with Crippen LogP contribution in [0, 0.1) is 10.1 Å². The monoisotopic (exact) mass is 350 g/mol. The molecule has 1 amide bonds. The molecule has 2 rings (SSSR count). The van der Waals surface area contributed by atoms with Crippen molar-refractivity contribution in [3.63, 3.8) is 0 Å². The molecule has 1 heterocycles. The highest BCUT2D eigenvalue weighted by Crippen LogP contribution is 2.36. The number of carbonyl (C=O) groups excluding carboxylic acids is 1. The molecule has 0 bridgehead atoms. The van der Waals surface area contributed by atoms with Gasteiger partial charge >= 0.3 is 5.69 Å². The maximum Gasteiger partial charge on any atom is 0.315 e. The van der Waals surface area contributed by atoms with Crippen molar-refractivity contribution in [3.8, 4) is 11.5 Å². The fraction of sp³-hybridized carbons (Fsp3) is 0.0714. The van der Waals surface area contributed by atoms with Crippen LogP contribution in [0.3, 0.4) is 0 Å². The van der Waals surface area contributed by atoms with Crippen LogP contribution in [0.5, 0.6) is 11.5 Å². The number of methoxy groups -OCH3 is 1. The Labute approximate surface area is 140 Å². The van der Waals surface area contributed by atoms with E-state index < -0.39 is 22.3 Å². The fourth-order valence-corrected chi connectivity index (χ4v) is 1.97. The lowest BCUT2D eigenvalue weighted by atomic mass is 10.2. The maximum absolute atomic E-state index is 11.9. The first kappa shape index (κ1) is 17.2. The second kappa shape index (κ2) is 7.38. The number of nitrogens with zero attached hydrogens (tertiary/aromatic N) is 3. The number of pyridine rings is 1. The summed E-state index contributed by atoms with van der Waals surface area (Å²) in [7, 11) is 1.26. The number of nitro benzene ring substituents is 1. The summed E-state index contributed by atoms with van der Waals surface area (Å²) in [4.78, 5) is 25.8. The molecule has 1 aromatic heterocycles.